The molecule has 0 amide bonds. The van der Waals surface area contributed by atoms with Gasteiger partial charge >= 0.3 is 0 Å². The number of hydrogen-bond acceptors (Lipinski definition) is 2. The van der Waals surface area contributed by atoms with Crippen molar-refractivity contribution in [2.24, 2.45) is 0 Å². The van der Waals surface area contributed by atoms with Crippen LogP contribution in [0, 0.1) is 0 Å². The van der Waals surface area contributed by atoms with Crippen molar-refractivity contribution in [1.29, 1.82) is 0 Å². The number of nitrogens with two attached hydrogens (primary N) is 1. The minimum atomic E-state index is 0.896. The summed E-state index contributed by atoms with van der Waals surface area (Å²) in [5.74, 6) is 0. The quantitative estimate of drug-likeness (QED) is 0.661. The van der Waals surface area contributed by atoms with Crippen LogP contribution < -0.4 is 5.73 Å². The first kappa shape index (κ1) is 9.43. The van der Waals surface area contributed by atoms with Crippen LogP contribution in [0.15, 0.2) is 54.6 Å². The van der Waals surface area contributed by atoms with Gasteiger partial charge in [-0.15, -0.1) is 11.3 Å². The molecule has 0 bridgehead atoms. The summed E-state index contributed by atoms with van der Waals surface area (Å²) in [5.41, 5.74) is 8.46. The standard InChI is InChI=1S/C14H11NS/c15-14-13(10-6-2-1-3-7-10)11-8-4-5-9-12(11)16-14/h1-9H,15H2. The van der Waals surface area contributed by atoms with Crippen molar-refractivity contribution in [3.63, 3.8) is 0 Å². The van der Waals surface area contributed by atoms with Crippen LogP contribution in [0.4, 0.5) is 5.00 Å². The molecule has 0 radical (unpaired) electrons. The van der Waals surface area contributed by atoms with Gasteiger partial charge in [0.2, 0.25) is 0 Å². The highest BCUT2D eigenvalue weighted by atomic mass is 32.1. The smallest absolute Gasteiger partial charge is 0.0948 e. The second-order valence-corrected chi connectivity index (χ2v) is 4.79. The van der Waals surface area contributed by atoms with E-state index in [4.69, 9.17) is 5.73 Å². The number of thiophene rings is 1. The van der Waals surface area contributed by atoms with E-state index in [1.54, 1.807) is 11.3 Å². The van der Waals surface area contributed by atoms with Crippen LogP contribution in [-0.2, 0) is 0 Å². The molecular weight excluding hydrogens is 214 g/mol. The van der Waals surface area contributed by atoms with E-state index < -0.39 is 0 Å². The Labute approximate surface area is 98.2 Å². The fraction of sp³-hybridized carbons (Fsp3) is 0. The summed E-state index contributed by atoms with van der Waals surface area (Å²) in [6, 6.07) is 18.7. The van der Waals surface area contributed by atoms with Gasteiger partial charge in [-0.05, 0) is 11.6 Å². The molecule has 2 heteroatoms. The molecule has 78 valence electrons. The molecular formula is C14H11NS. The molecule has 0 aliphatic carbocycles. The average molecular weight is 225 g/mol. The third kappa shape index (κ3) is 1.39. The number of rotatable bonds is 1. The predicted octanol–water partition coefficient (Wildman–Crippen LogP) is 4.15. The molecule has 2 aromatic carbocycles. The predicted molar refractivity (Wildman–Crippen MR) is 71.7 cm³/mol. The normalized spacial score (nSPS) is 10.8. The van der Waals surface area contributed by atoms with Gasteiger partial charge in [0.1, 0.15) is 0 Å². The minimum Gasteiger partial charge on any atom is -0.390 e. The maximum absolute atomic E-state index is 6.10. The van der Waals surface area contributed by atoms with Crippen LogP contribution in [0.2, 0.25) is 0 Å². The second kappa shape index (κ2) is 3.65. The van der Waals surface area contributed by atoms with Crippen LogP contribution in [0.3, 0.4) is 0 Å². The van der Waals surface area contributed by atoms with Crippen LogP contribution in [-0.4, -0.2) is 0 Å². The lowest BCUT2D eigenvalue weighted by atomic mass is 10.0. The lowest BCUT2D eigenvalue weighted by Gasteiger charge is -2.00. The van der Waals surface area contributed by atoms with Crippen LogP contribution in [0.25, 0.3) is 21.2 Å². The van der Waals surface area contributed by atoms with Gasteiger partial charge in [-0.2, -0.15) is 0 Å². The zero-order valence-corrected chi connectivity index (χ0v) is 9.50. The number of anilines is 1. The summed E-state index contributed by atoms with van der Waals surface area (Å²) in [6.07, 6.45) is 0. The molecule has 1 nitrogen and oxygen atoms in total. The zero-order chi connectivity index (χ0) is 11.0. The lowest BCUT2D eigenvalue weighted by Crippen LogP contribution is -1.83. The molecule has 0 saturated heterocycles. The molecule has 2 N–H and O–H groups in total. The number of fused-ring (bicyclic) bond motifs is 1. The van der Waals surface area contributed by atoms with E-state index in [0.717, 1.165) is 5.00 Å². The molecule has 0 atom stereocenters. The van der Waals surface area contributed by atoms with Crippen molar-refractivity contribution in [2.75, 3.05) is 5.73 Å². The molecule has 0 saturated carbocycles. The Morgan fingerprint density at radius 2 is 1.50 bits per heavy atom. The van der Waals surface area contributed by atoms with Gasteiger partial charge in [-0.25, -0.2) is 0 Å². The Bertz CT molecular complexity index is 626. The van der Waals surface area contributed by atoms with Crippen molar-refractivity contribution < 1.29 is 0 Å². The topological polar surface area (TPSA) is 26.0 Å². The third-order valence-electron chi connectivity index (χ3n) is 2.69. The molecule has 0 fully saturated rings. The van der Waals surface area contributed by atoms with Crippen LogP contribution >= 0.6 is 11.3 Å². The van der Waals surface area contributed by atoms with Gasteiger partial charge in [0.05, 0.1) is 5.00 Å². The number of nitrogen functional groups attached to an aromatic ring is 1. The highest BCUT2D eigenvalue weighted by Gasteiger charge is 2.10. The summed E-state index contributed by atoms with van der Waals surface area (Å²) in [7, 11) is 0. The molecule has 1 aromatic heterocycles. The minimum absolute atomic E-state index is 0.896. The molecule has 16 heavy (non-hydrogen) atoms. The lowest BCUT2D eigenvalue weighted by molar-refractivity contribution is 1.68. The Morgan fingerprint density at radius 1 is 0.812 bits per heavy atom. The van der Waals surface area contributed by atoms with Gasteiger partial charge in [0.25, 0.3) is 0 Å². The molecule has 0 aliphatic heterocycles. The van der Waals surface area contributed by atoms with Crippen molar-refractivity contribution in [1.82, 2.24) is 0 Å². The maximum Gasteiger partial charge on any atom is 0.0948 e. The molecule has 1 heterocycles. The van der Waals surface area contributed by atoms with Crippen molar-refractivity contribution >= 4 is 26.4 Å². The second-order valence-electron chi connectivity index (χ2n) is 3.70. The first-order valence-corrected chi connectivity index (χ1v) is 6.00. The van der Waals surface area contributed by atoms with Gasteiger partial charge in [0, 0.05) is 15.6 Å². The van der Waals surface area contributed by atoms with E-state index in [2.05, 4.69) is 30.3 Å². The third-order valence-corrected chi connectivity index (χ3v) is 3.69. The van der Waals surface area contributed by atoms with Gasteiger partial charge in [-0.1, -0.05) is 48.5 Å². The Kier molecular flexibility index (Phi) is 2.15. The monoisotopic (exact) mass is 225 g/mol. The Morgan fingerprint density at radius 3 is 2.31 bits per heavy atom. The van der Waals surface area contributed by atoms with Crippen molar-refractivity contribution in [3.8, 4) is 11.1 Å². The highest BCUT2D eigenvalue weighted by molar-refractivity contribution is 7.23. The SMILES string of the molecule is Nc1sc2ccccc2c1-c1ccccc1. The summed E-state index contributed by atoms with van der Waals surface area (Å²) in [5, 5.41) is 2.14. The van der Waals surface area contributed by atoms with Crippen molar-refractivity contribution in [3.05, 3.63) is 54.6 Å². The summed E-state index contributed by atoms with van der Waals surface area (Å²) in [4.78, 5) is 0. The molecule has 0 unspecified atom stereocenters. The van der Waals surface area contributed by atoms with E-state index in [0.29, 0.717) is 0 Å². The first-order valence-electron chi connectivity index (χ1n) is 5.18. The van der Waals surface area contributed by atoms with E-state index >= 15 is 0 Å². The van der Waals surface area contributed by atoms with E-state index in [9.17, 15) is 0 Å². The van der Waals surface area contributed by atoms with Crippen molar-refractivity contribution in [2.45, 2.75) is 0 Å². The van der Waals surface area contributed by atoms with Gasteiger partial charge < -0.3 is 5.73 Å². The Hall–Kier alpha value is -1.80. The van der Waals surface area contributed by atoms with Gasteiger partial charge in [0.15, 0.2) is 0 Å². The van der Waals surface area contributed by atoms with Crippen LogP contribution in [0.1, 0.15) is 0 Å². The highest BCUT2D eigenvalue weighted by Crippen LogP contribution is 2.40. The fourth-order valence-corrected chi connectivity index (χ4v) is 2.96. The zero-order valence-electron chi connectivity index (χ0n) is 8.68. The number of hydrogen-bond donors (Lipinski definition) is 1. The van der Waals surface area contributed by atoms with Gasteiger partial charge in [-0.3, -0.25) is 0 Å². The van der Waals surface area contributed by atoms with E-state index in [1.807, 2.05) is 24.3 Å². The number of benzene rings is 2. The molecule has 3 aromatic rings. The van der Waals surface area contributed by atoms with E-state index in [1.165, 1.54) is 21.2 Å². The molecule has 0 aliphatic rings. The molecule has 0 spiro atoms. The summed E-state index contributed by atoms with van der Waals surface area (Å²) >= 11 is 1.65. The molecule has 3 rings (SSSR count). The maximum atomic E-state index is 6.10. The Balaban J connectivity index is 2.35. The average Bonchev–Trinajstić information content (AvgIpc) is 2.66. The fourth-order valence-electron chi connectivity index (χ4n) is 1.97. The first-order chi connectivity index (χ1) is 7.86. The van der Waals surface area contributed by atoms with E-state index in [-0.39, 0.29) is 0 Å². The van der Waals surface area contributed by atoms with Crippen LogP contribution in [0.5, 0.6) is 0 Å². The summed E-state index contributed by atoms with van der Waals surface area (Å²) in [6.45, 7) is 0. The summed E-state index contributed by atoms with van der Waals surface area (Å²) < 4.78 is 1.25. The largest absolute Gasteiger partial charge is 0.390 e.